The third-order valence-corrected chi connectivity index (χ3v) is 5.44. The number of rotatable bonds is 6. The number of hydrogen-bond donors (Lipinski definition) is 2. The van der Waals surface area contributed by atoms with Crippen molar-refractivity contribution in [2.75, 3.05) is 13.1 Å². The van der Waals surface area contributed by atoms with Crippen LogP contribution in [0.4, 0.5) is 0 Å². The van der Waals surface area contributed by atoms with Crippen LogP contribution in [0.3, 0.4) is 0 Å². The molecule has 1 aromatic carbocycles. The highest BCUT2D eigenvalue weighted by atomic mass is 35.5. The lowest BCUT2D eigenvalue weighted by Crippen LogP contribution is -2.41. The van der Waals surface area contributed by atoms with Crippen molar-refractivity contribution >= 4 is 28.9 Å². The predicted octanol–water partition coefficient (Wildman–Crippen LogP) is 3.89. The molecule has 0 bridgehead atoms. The molecule has 1 aromatic heterocycles. The molecule has 0 aliphatic heterocycles. The Bertz CT molecular complexity index is 704. The minimum Gasteiger partial charge on any atom is -0.357 e. The zero-order valence-electron chi connectivity index (χ0n) is 14.1. The van der Waals surface area contributed by atoms with Crippen molar-refractivity contribution in [2.24, 2.45) is 4.99 Å². The summed E-state index contributed by atoms with van der Waals surface area (Å²) in [6.45, 7) is 6.49. The molecule has 1 aliphatic rings. The highest BCUT2D eigenvalue weighted by Crippen LogP contribution is 2.47. The average Bonchev–Trinajstić information content (AvgIpc) is 3.25. The first kappa shape index (κ1) is 17.2. The quantitative estimate of drug-likeness (QED) is 0.605. The highest BCUT2D eigenvalue weighted by molar-refractivity contribution is 7.11. The topological polar surface area (TPSA) is 49.3 Å². The van der Waals surface area contributed by atoms with Gasteiger partial charge in [-0.3, -0.25) is 0 Å². The van der Waals surface area contributed by atoms with E-state index in [0.717, 1.165) is 29.1 Å². The van der Waals surface area contributed by atoms with Crippen LogP contribution in [0.2, 0.25) is 5.02 Å². The van der Waals surface area contributed by atoms with Gasteiger partial charge in [-0.05, 0) is 44.4 Å². The van der Waals surface area contributed by atoms with Gasteiger partial charge in [-0.15, -0.1) is 11.3 Å². The Morgan fingerprint density at radius 1 is 1.29 bits per heavy atom. The molecule has 4 nitrogen and oxygen atoms in total. The second-order valence-electron chi connectivity index (χ2n) is 6.20. The lowest BCUT2D eigenvalue weighted by Gasteiger charge is -2.19. The van der Waals surface area contributed by atoms with Crippen LogP contribution in [-0.4, -0.2) is 24.0 Å². The second kappa shape index (κ2) is 7.53. The Kier molecular flexibility index (Phi) is 5.41. The normalized spacial score (nSPS) is 16.0. The van der Waals surface area contributed by atoms with E-state index in [9.17, 15) is 0 Å². The molecule has 0 saturated heterocycles. The molecule has 0 spiro atoms. The number of nitrogens with one attached hydrogen (secondary N) is 2. The van der Waals surface area contributed by atoms with Crippen molar-refractivity contribution < 1.29 is 0 Å². The molecule has 0 amide bonds. The predicted molar refractivity (Wildman–Crippen MR) is 102 cm³/mol. The maximum absolute atomic E-state index is 6.00. The Labute approximate surface area is 152 Å². The Balaban J connectivity index is 1.62. The van der Waals surface area contributed by atoms with Crippen LogP contribution in [0.5, 0.6) is 0 Å². The van der Waals surface area contributed by atoms with E-state index in [0.29, 0.717) is 6.54 Å². The Morgan fingerprint density at radius 3 is 2.62 bits per heavy atom. The average molecular weight is 363 g/mol. The van der Waals surface area contributed by atoms with Gasteiger partial charge in [0.25, 0.3) is 0 Å². The van der Waals surface area contributed by atoms with Crippen molar-refractivity contribution in [3.05, 3.63) is 50.9 Å². The molecule has 0 unspecified atom stereocenters. The number of aromatic nitrogens is 1. The van der Waals surface area contributed by atoms with Gasteiger partial charge >= 0.3 is 0 Å². The van der Waals surface area contributed by atoms with E-state index in [-0.39, 0.29) is 5.41 Å². The largest absolute Gasteiger partial charge is 0.357 e. The summed E-state index contributed by atoms with van der Waals surface area (Å²) in [5.41, 5.74) is 1.57. The third kappa shape index (κ3) is 4.28. The van der Waals surface area contributed by atoms with E-state index < -0.39 is 0 Å². The van der Waals surface area contributed by atoms with E-state index in [2.05, 4.69) is 46.6 Å². The maximum atomic E-state index is 6.00. The van der Waals surface area contributed by atoms with Crippen molar-refractivity contribution in [2.45, 2.75) is 38.6 Å². The van der Waals surface area contributed by atoms with E-state index >= 15 is 0 Å². The van der Waals surface area contributed by atoms with Crippen LogP contribution >= 0.6 is 22.9 Å². The van der Waals surface area contributed by atoms with Crippen molar-refractivity contribution in [1.29, 1.82) is 0 Å². The van der Waals surface area contributed by atoms with Gasteiger partial charge in [-0.1, -0.05) is 23.7 Å². The van der Waals surface area contributed by atoms with Crippen LogP contribution in [0.1, 0.15) is 35.2 Å². The number of aryl methyl sites for hydroxylation is 1. The molecular formula is C18H23ClN4S. The van der Waals surface area contributed by atoms with Gasteiger partial charge in [0, 0.05) is 34.6 Å². The van der Waals surface area contributed by atoms with Gasteiger partial charge in [-0.2, -0.15) is 0 Å². The number of thiazole rings is 1. The molecule has 0 radical (unpaired) electrons. The molecular weight excluding hydrogens is 340 g/mol. The number of halogens is 1. The summed E-state index contributed by atoms with van der Waals surface area (Å²) in [6, 6.07) is 8.22. The number of guanidine groups is 1. The first-order chi connectivity index (χ1) is 11.6. The molecule has 1 saturated carbocycles. The zero-order chi connectivity index (χ0) is 17.0. The molecule has 2 aromatic rings. The first-order valence-corrected chi connectivity index (χ1v) is 9.50. The monoisotopic (exact) mass is 362 g/mol. The van der Waals surface area contributed by atoms with Gasteiger partial charge in [0.05, 0.1) is 6.54 Å². The summed E-state index contributed by atoms with van der Waals surface area (Å²) < 4.78 is 0. The van der Waals surface area contributed by atoms with Crippen LogP contribution in [0.25, 0.3) is 0 Å². The Hall–Kier alpha value is -1.59. The standard InChI is InChI=1S/C18H23ClN4S/c1-3-20-17(22-11-16-21-10-13(2)24-16)23-12-18(8-9-18)14-4-6-15(19)7-5-14/h4-7,10H,3,8-9,11-12H2,1-2H3,(H2,20,22,23). The van der Waals surface area contributed by atoms with Crippen LogP contribution < -0.4 is 10.6 Å². The van der Waals surface area contributed by atoms with Crippen LogP contribution in [0, 0.1) is 6.92 Å². The fraction of sp³-hybridized carbons (Fsp3) is 0.444. The number of nitrogens with zero attached hydrogens (tertiary/aromatic N) is 2. The summed E-state index contributed by atoms with van der Waals surface area (Å²) in [5, 5.41) is 8.64. The summed E-state index contributed by atoms with van der Waals surface area (Å²) in [6.07, 6.45) is 4.30. The van der Waals surface area contributed by atoms with E-state index in [1.54, 1.807) is 11.3 Å². The van der Waals surface area contributed by atoms with Crippen LogP contribution in [0.15, 0.2) is 35.5 Å². The summed E-state index contributed by atoms with van der Waals surface area (Å²) in [4.78, 5) is 10.2. The van der Waals surface area contributed by atoms with Gasteiger partial charge < -0.3 is 10.6 Å². The highest BCUT2D eigenvalue weighted by Gasteiger charge is 2.44. The Morgan fingerprint density at radius 2 is 2.04 bits per heavy atom. The molecule has 1 aliphatic carbocycles. The first-order valence-electron chi connectivity index (χ1n) is 8.31. The molecule has 128 valence electrons. The minimum atomic E-state index is 0.221. The van der Waals surface area contributed by atoms with Gasteiger partial charge in [0.2, 0.25) is 0 Å². The lowest BCUT2D eigenvalue weighted by atomic mass is 9.96. The van der Waals surface area contributed by atoms with E-state index in [1.807, 2.05) is 18.3 Å². The molecule has 6 heteroatoms. The van der Waals surface area contributed by atoms with Crippen molar-refractivity contribution in [3.8, 4) is 0 Å². The maximum Gasteiger partial charge on any atom is 0.191 e. The smallest absolute Gasteiger partial charge is 0.191 e. The lowest BCUT2D eigenvalue weighted by molar-refractivity contribution is 0.646. The molecule has 3 rings (SSSR count). The van der Waals surface area contributed by atoms with Crippen LogP contribution in [-0.2, 0) is 12.0 Å². The van der Waals surface area contributed by atoms with Crippen molar-refractivity contribution in [1.82, 2.24) is 15.6 Å². The number of aliphatic imine (C=N–C) groups is 1. The third-order valence-electron chi connectivity index (χ3n) is 4.29. The molecule has 2 N–H and O–H groups in total. The molecule has 0 atom stereocenters. The second-order valence-corrected chi connectivity index (χ2v) is 7.96. The summed E-state index contributed by atoms with van der Waals surface area (Å²) in [7, 11) is 0. The fourth-order valence-electron chi connectivity index (χ4n) is 2.74. The molecule has 1 fully saturated rings. The molecule has 24 heavy (non-hydrogen) atoms. The summed E-state index contributed by atoms with van der Waals surface area (Å²) >= 11 is 7.70. The number of benzene rings is 1. The van der Waals surface area contributed by atoms with Gasteiger partial charge in [0.15, 0.2) is 5.96 Å². The fourth-order valence-corrected chi connectivity index (χ4v) is 3.58. The van der Waals surface area contributed by atoms with E-state index in [4.69, 9.17) is 11.6 Å². The summed E-state index contributed by atoms with van der Waals surface area (Å²) in [5.74, 6) is 0.852. The molecule has 1 heterocycles. The zero-order valence-corrected chi connectivity index (χ0v) is 15.7. The van der Waals surface area contributed by atoms with E-state index in [1.165, 1.54) is 23.3 Å². The minimum absolute atomic E-state index is 0.221. The van der Waals surface area contributed by atoms with Gasteiger partial charge in [-0.25, -0.2) is 9.98 Å². The van der Waals surface area contributed by atoms with Crippen molar-refractivity contribution in [3.63, 3.8) is 0 Å². The van der Waals surface area contributed by atoms with Gasteiger partial charge in [0.1, 0.15) is 5.01 Å². The number of hydrogen-bond acceptors (Lipinski definition) is 3. The SMILES string of the molecule is CCNC(=NCc1ncc(C)s1)NCC1(c2ccc(Cl)cc2)CC1.